The monoisotopic (exact) mass is 458 g/mol. The number of hydrogen-bond donors (Lipinski definition) is 2. The molecule has 0 aromatic heterocycles. The van der Waals surface area contributed by atoms with Gasteiger partial charge in [-0.2, -0.15) is 0 Å². The summed E-state index contributed by atoms with van der Waals surface area (Å²) >= 11 is 0. The third kappa shape index (κ3) is 8.09. The smallest absolute Gasteiger partial charge is 0.331 e. The molecular weight excluding hydrogens is 432 g/mol. The number of nitrogens with one attached hydrogen (secondary N) is 2. The van der Waals surface area contributed by atoms with Crippen LogP contribution in [0.25, 0.3) is 6.08 Å². The molecule has 0 heterocycles. The third-order valence-electron chi connectivity index (χ3n) is 4.51. The number of carbonyl (C=O) groups excluding carboxylic acids is 3. The van der Waals surface area contributed by atoms with E-state index in [0.29, 0.717) is 17.7 Å². The van der Waals surface area contributed by atoms with Gasteiger partial charge in [0.2, 0.25) is 15.9 Å². The molecule has 0 saturated heterocycles. The number of sulfonamides is 1. The lowest BCUT2D eigenvalue weighted by Gasteiger charge is -2.05. The van der Waals surface area contributed by atoms with Gasteiger partial charge in [0.1, 0.15) is 0 Å². The molecule has 0 atom stereocenters. The zero-order valence-electron chi connectivity index (χ0n) is 18.0. The molecule has 170 valence electrons. The van der Waals surface area contributed by atoms with E-state index in [4.69, 9.17) is 4.74 Å². The number of amides is 1. The minimum atomic E-state index is -3.52. The van der Waals surface area contributed by atoms with Gasteiger partial charge in [-0.25, -0.2) is 17.9 Å². The maximum absolute atomic E-state index is 12.2. The second kappa shape index (κ2) is 11.9. The van der Waals surface area contributed by atoms with Crippen LogP contribution < -0.4 is 10.0 Å². The molecule has 0 aliphatic rings. The van der Waals surface area contributed by atoms with Crippen molar-refractivity contribution in [2.24, 2.45) is 0 Å². The van der Waals surface area contributed by atoms with Gasteiger partial charge in [0, 0.05) is 25.1 Å². The molecule has 0 aliphatic heterocycles. The largest absolute Gasteiger partial charge is 0.454 e. The van der Waals surface area contributed by atoms with E-state index in [2.05, 4.69) is 10.0 Å². The van der Waals surface area contributed by atoms with Gasteiger partial charge in [-0.05, 0) is 49.2 Å². The van der Waals surface area contributed by atoms with Gasteiger partial charge in [0.25, 0.3) is 0 Å². The van der Waals surface area contributed by atoms with Crippen LogP contribution in [0.2, 0.25) is 0 Å². The van der Waals surface area contributed by atoms with Crippen LogP contribution in [0, 0.1) is 0 Å². The molecular formula is C23H26N2O6S. The van der Waals surface area contributed by atoms with Crippen molar-refractivity contribution in [2.75, 3.05) is 20.2 Å². The predicted octanol–water partition coefficient (Wildman–Crippen LogP) is 2.10. The highest BCUT2D eigenvalue weighted by Crippen LogP contribution is 2.11. The van der Waals surface area contributed by atoms with Crippen molar-refractivity contribution in [3.63, 3.8) is 0 Å². The number of aryl methyl sites for hydroxylation is 1. The highest BCUT2D eigenvalue weighted by Gasteiger charge is 2.11. The van der Waals surface area contributed by atoms with Crippen LogP contribution in [-0.4, -0.2) is 46.3 Å². The average molecular weight is 459 g/mol. The number of carbonyl (C=O) groups is 3. The molecule has 9 heteroatoms. The van der Waals surface area contributed by atoms with Crippen molar-refractivity contribution < 1.29 is 27.5 Å². The Labute approximate surface area is 187 Å². The summed E-state index contributed by atoms with van der Waals surface area (Å²) in [7, 11) is -2.20. The minimum Gasteiger partial charge on any atom is -0.454 e. The van der Waals surface area contributed by atoms with E-state index in [0.717, 1.165) is 18.4 Å². The summed E-state index contributed by atoms with van der Waals surface area (Å²) in [5, 5.41) is 2.73. The molecule has 2 rings (SSSR count). The summed E-state index contributed by atoms with van der Waals surface area (Å²) in [5.41, 5.74) is 2.09. The van der Waals surface area contributed by atoms with Crippen LogP contribution in [0.1, 0.15) is 34.8 Å². The van der Waals surface area contributed by atoms with Crippen LogP contribution in [0.4, 0.5) is 0 Å². The number of hydrogen-bond acceptors (Lipinski definition) is 6. The summed E-state index contributed by atoms with van der Waals surface area (Å²) in [4.78, 5) is 35.1. The fraction of sp³-hybridized carbons (Fsp3) is 0.261. The lowest BCUT2D eigenvalue weighted by atomic mass is 10.1. The SMILES string of the molecule is CNS(=O)(=O)c1ccc(/C=C/C(=O)OCC(=O)c2ccc(CCCNC(C)=O)cc2)cc1. The number of ketones is 1. The summed E-state index contributed by atoms with van der Waals surface area (Å²) in [6.45, 7) is 1.68. The fourth-order valence-corrected chi connectivity index (χ4v) is 3.45. The Bertz CT molecular complexity index is 1070. The first-order chi connectivity index (χ1) is 15.2. The van der Waals surface area contributed by atoms with Gasteiger partial charge in [-0.3, -0.25) is 9.59 Å². The predicted molar refractivity (Wildman–Crippen MR) is 120 cm³/mol. The lowest BCUT2D eigenvalue weighted by molar-refractivity contribution is -0.136. The second-order valence-corrected chi connectivity index (χ2v) is 8.81. The van der Waals surface area contributed by atoms with Crippen LogP contribution in [0.5, 0.6) is 0 Å². The van der Waals surface area contributed by atoms with Crippen molar-refractivity contribution in [2.45, 2.75) is 24.7 Å². The molecule has 32 heavy (non-hydrogen) atoms. The maximum atomic E-state index is 12.2. The topological polar surface area (TPSA) is 119 Å². The van der Waals surface area contributed by atoms with Gasteiger partial charge >= 0.3 is 5.97 Å². The van der Waals surface area contributed by atoms with E-state index in [-0.39, 0.29) is 23.2 Å². The quantitative estimate of drug-likeness (QED) is 0.230. The van der Waals surface area contributed by atoms with Crippen LogP contribution in [0.15, 0.2) is 59.5 Å². The summed E-state index contributed by atoms with van der Waals surface area (Å²) in [5.74, 6) is -1.06. The standard InChI is InChI=1S/C23H26N2O6S/c1-17(26)25-15-3-4-18-5-10-20(11-6-18)22(27)16-31-23(28)14-9-19-7-12-21(13-8-19)32(29,30)24-2/h5-14,24H,3-4,15-16H2,1-2H3,(H,25,26)/b14-9+. The first-order valence-electron chi connectivity index (χ1n) is 9.96. The molecule has 1 amide bonds. The molecule has 2 aromatic carbocycles. The fourth-order valence-electron chi connectivity index (χ4n) is 2.72. The Morgan fingerprint density at radius 3 is 2.25 bits per heavy atom. The van der Waals surface area contributed by atoms with Gasteiger partial charge in [-0.1, -0.05) is 36.4 Å². The summed E-state index contributed by atoms with van der Waals surface area (Å²) < 4.78 is 30.6. The van der Waals surface area contributed by atoms with E-state index in [1.165, 1.54) is 38.3 Å². The van der Waals surface area contributed by atoms with Crippen LogP contribution in [-0.2, 0) is 30.8 Å². The third-order valence-corrected chi connectivity index (χ3v) is 5.94. The Hall–Kier alpha value is -3.30. The molecule has 8 nitrogen and oxygen atoms in total. The molecule has 2 aromatic rings. The van der Waals surface area contributed by atoms with E-state index < -0.39 is 16.0 Å². The van der Waals surface area contributed by atoms with Crippen molar-refractivity contribution in [3.8, 4) is 0 Å². The molecule has 0 radical (unpaired) electrons. The first kappa shape index (κ1) is 25.0. The zero-order valence-corrected chi connectivity index (χ0v) is 18.8. The molecule has 0 fully saturated rings. The van der Waals surface area contributed by atoms with E-state index in [1.54, 1.807) is 24.3 Å². The highest BCUT2D eigenvalue weighted by atomic mass is 32.2. The molecule has 0 saturated carbocycles. The van der Waals surface area contributed by atoms with E-state index in [9.17, 15) is 22.8 Å². The number of benzene rings is 2. The molecule has 2 N–H and O–H groups in total. The van der Waals surface area contributed by atoms with Crippen LogP contribution in [0.3, 0.4) is 0 Å². The Morgan fingerprint density at radius 1 is 1.00 bits per heavy atom. The second-order valence-electron chi connectivity index (χ2n) is 6.92. The van der Waals surface area contributed by atoms with Crippen LogP contribution >= 0.6 is 0 Å². The lowest BCUT2D eigenvalue weighted by Crippen LogP contribution is -2.21. The van der Waals surface area contributed by atoms with E-state index >= 15 is 0 Å². The number of rotatable bonds is 11. The zero-order chi connectivity index (χ0) is 23.6. The maximum Gasteiger partial charge on any atom is 0.331 e. The molecule has 0 unspecified atom stereocenters. The van der Waals surface area contributed by atoms with Gasteiger partial charge in [0.15, 0.2) is 12.4 Å². The van der Waals surface area contributed by atoms with Gasteiger partial charge in [0.05, 0.1) is 4.90 Å². The molecule has 0 bridgehead atoms. The number of esters is 1. The van der Waals surface area contributed by atoms with Gasteiger partial charge in [-0.15, -0.1) is 0 Å². The van der Waals surface area contributed by atoms with Crippen molar-refractivity contribution in [1.82, 2.24) is 10.0 Å². The normalized spacial score (nSPS) is 11.3. The first-order valence-corrected chi connectivity index (χ1v) is 11.4. The summed E-state index contributed by atoms with van der Waals surface area (Å²) in [6, 6.07) is 13.0. The summed E-state index contributed by atoms with van der Waals surface area (Å²) in [6.07, 6.45) is 4.21. The number of ether oxygens (including phenoxy) is 1. The molecule has 0 spiro atoms. The Morgan fingerprint density at radius 2 is 1.66 bits per heavy atom. The number of Topliss-reactive ketones (excluding diaryl/α,β-unsaturated/α-hetero) is 1. The average Bonchev–Trinajstić information content (AvgIpc) is 2.79. The Kier molecular flexibility index (Phi) is 9.30. The van der Waals surface area contributed by atoms with Gasteiger partial charge < -0.3 is 10.1 Å². The van der Waals surface area contributed by atoms with E-state index in [1.807, 2.05) is 12.1 Å². The van der Waals surface area contributed by atoms with Crippen molar-refractivity contribution >= 4 is 33.8 Å². The minimum absolute atomic E-state index is 0.0618. The van der Waals surface area contributed by atoms with Crippen molar-refractivity contribution in [3.05, 3.63) is 71.3 Å². The Balaban J connectivity index is 1.81. The highest BCUT2D eigenvalue weighted by molar-refractivity contribution is 7.89. The molecule has 0 aliphatic carbocycles. The van der Waals surface area contributed by atoms with Crippen molar-refractivity contribution in [1.29, 1.82) is 0 Å².